The monoisotopic (exact) mass is 364 g/mol. The number of nitrogens with zero attached hydrogens (tertiary/aromatic N) is 2. The molecule has 2 rings (SSSR count). The lowest BCUT2D eigenvalue weighted by Gasteiger charge is -2.28. The fourth-order valence-corrected chi connectivity index (χ4v) is 3.03. The van der Waals surface area contributed by atoms with E-state index in [1.165, 1.54) is 0 Å². The van der Waals surface area contributed by atoms with E-state index in [0.29, 0.717) is 26.3 Å². The average molecular weight is 364 g/mol. The minimum absolute atomic E-state index is 0.145. The molecule has 0 N–H and O–H groups in total. The molecule has 0 aromatic carbocycles. The smallest absolute Gasteiger partial charge is 0.416 e. The second kappa shape index (κ2) is 8.06. The number of pyridine rings is 1. The lowest BCUT2D eigenvalue weighted by atomic mass is 10.2. The summed E-state index contributed by atoms with van der Waals surface area (Å²) >= 11 is 0.956. The zero-order chi connectivity index (χ0) is 17.7. The third-order valence-corrected chi connectivity index (χ3v) is 4.36. The molecule has 0 bridgehead atoms. The van der Waals surface area contributed by atoms with E-state index in [1.807, 2.05) is 0 Å². The fourth-order valence-electron chi connectivity index (χ4n) is 2.16. The largest absolute Gasteiger partial charge is 0.465 e. The van der Waals surface area contributed by atoms with Crippen molar-refractivity contribution >= 4 is 23.5 Å². The molecule has 0 spiro atoms. The van der Waals surface area contributed by atoms with Gasteiger partial charge in [0.25, 0.3) is 0 Å². The van der Waals surface area contributed by atoms with E-state index in [4.69, 9.17) is 9.47 Å². The van der Waals surface area contributed by atoms with E-state index in [-0.39, 0.29) is 17.5 Å². The first-order valence-electron chi connectivity index (χ1n) is 7.56. The number of carbonyl (C=O) groups excluding carboxylic acids is 1. The van der Waals surface area contributed by atoms with E-state index < -0.39 is 23.0 Å². The Hall–Kier alpha value is -1.48. The number of aromatic nitrogens is 1. The Labute approximate surface area is 142 Å². The molecule has 1 aromatic rings. The Balaban J connectivity index is 2.27. The predicted molar refractivity (Wildman–Crippen MR) is 84.2 cm³/mol. The highest BCUT2D eigenvalue weighted by atomic mass is 32.2. The number of alkyl halides is 3. The average Bonchev–Trinajstić information content (AvgIpc) is 2.54. The fraction of sp³-hybridized carbons (Fsp3) is 0.600. The van der Waals surface area contributed by atoms with Crippen LogP contribution >= 0.6 is 11.8 Å². The highest BCUT2D eigenvalue weighted by Crippen LogP contribution is 2.35. The van der Waals surface area contributed by atoms with Gasteiger partial charge in [-0.25, -0.2) is 4.98 Å². The summed E-state index contributed by atoms with van der Waals surface area (Å²) in [5.74, 6) is -0.235. The number of rotatable bonds is 5. The molecule has 1 aromatic heterocycles. The van der Waals surface area contributed by atoms with Crippen molar-refractivity contribution in [3.8, 4) is 0 Å². The van der Waals surface area contributed by atoms with Gasteiger partial charge in [-0.15, -0.1) is 0 Å². The zero-order valence-electron chi connectivity index (χ0n) is 13.4. The Morgan fingerprint density at radius 3 is 2.67 bits per heavy atom. The van der Waals surface area contributed by atoms with Gasteiger partial charge in [-0.3, -0.25) is 4.79 Å². The van der Waals surface area contributed by atoms with E-state index in [2.05, 4.69) is 4.98 Å². The van der Waals surface area contributed by atoms with Crippen molar-refractivity contribution in [3.05, 3.63) is 17.7 Å². The number of ether oxygens (including phenoxy) is 2. The summed E-state index contributed by atoms with van der Waals surface area (Å²) in [7, 11) is 0. The van der Waals surface area contributed by atoms with Gasteiger partial charge < -0.3 is 14.4 Å². The molecule has 1 saturated heterocycles. The van der Waals surface area contributed by atoms with Crippen LogP contribution in [0.2, 0.25) is 0 Å². The molecule has 1 unspecified atom stereocenters. The molecular weight excluding hydrogens is 345 g/mol. The molecule has 0 radical (unpaired) electrons. The van der Waals surface area contributed by atoms with Crippen LogP contribution in [0.15, 0.2) is 17.2 Å². The van der Waals surface area contributed by atoms with Crippen LogP contribution in [0.4, 0.5) is 19.0 Å². The van der Waals surface area contributed by atoms with Crippen molar-refractivity contribution in [2.75, 3.05) is 37.8 Å². The number of morpholine rings is 1. The lowest BCUT2D eigenvalue weighted by Crippen LogP contribution is -2.37. The van der Waals surface area contributed by atoms with Crippen LogP contribution in [0.25, 0.3) is 0 Å². The Morgan fingerprint density at radius 1 is 1.42 bits per heavy atom. The molecule has 1 aliphatic heterocycles. The van der Waals surface area contributed by atoms with Crippen molar-refractivity contribution in [3.63, 3.8) is 0 Å². The summed E-state index contributed by atoms with van der Waals surface area (Å²) in [6.07, 6.45) is -4.48. The van der Waals surface area contributed by atoms with Gasteiger partial charge >= 0.3 is 12.1 Å². The first-order chi connectivity index (χ1) is 11.3. The molecule has 1 aliphatic rings. The summed E-state index contributed by atoms with van der Waals surface area (Å²) in [6, 6.07) is 1.99. The van der Waals surface area contributed by atoms with Crippen LogP contribution in [0, 0.1) is 0 Å². The Kier molecular flexibility index (Phi) is 6.34. The number of carbonyl (C=O) groups is 1. The number of halogens is 3. The summed E-state index contributed by atoms with van der Waals surface area (Å²) < 4.78 is 49.6. The van der Waals surface area contributed by atoms with Crippen LogP contribution in [0.3, 0.4) is 0 Å². The molecular formula is C15H19F3N2O3S. The minimum Gasteiger partial charge on any atom is -0.465 e. The van der Waals surface area contributed by atoms with Crippen molar-refractivity contribution in [2.24, 2.45) is 0 Å². The van der Waals surface area contributed by atoms with Gasteiger partial charge in [0.15, 0.2) is 0 Å². The molecule has 1 atom stereocenters. The minimum atomic E-state index is -4.48. The molecule has 2 heterocycles. The van der Waals surface area contributed by atoms with Gasteiger partial charge in [-0.1, -0.05) is 11.8 Å². The molecule has 0 aliphatic carbocycles. The normalized spacial score (nSPS) is 16.8. The maximum absolute atomic E-state index is 13.2. The van der Waals surface area contributed by atoms with E-state index >= 15 is 0 Å². The van der Waals surface area contributed by atoms with Crippen LogP contribution in [0.5, 0.6) is 0 Å². The summed E-state index contributed by atoms with van der Waals surface area (Å²) in [6.45, 7) is 5.32. The van der Waals surface area contributed by atoms with Crippen LogP contribution in [-0.2, 0) is 20.4 Å². The molecule has 0 saturated carbocycles. The molecule has 0 amide bonds. The van der Waals surface area contributed by atoms with Crippen molar-refractivity contribution in [1.82, 2.24) is 4.98 Å². The van der Waals surface area contributed by atoms with Crippen LogP contribution in [-0.4, -0.2) is 49.1 Å². The van der Waals surface area contributed by atoms with Crippen LogP contribution in [0.1, 0.15) is 19.4 Å². The molecule has 1 fully saturated rings. The highest BCUT2D eigenvalue weighted by Gasteiger charge is 2.33. The van der Waals surface area contributed by atoms with Crippen molar-refractivity contribution in [1.29, 1.82) is 0 Å². The molecule has 5 nitrogen and oxygen atoms in total. The number of anilines is 1. The third kappa shape index (κ3) is 5.01. The first kappa shape index (κ1) is 18.9. The predicted octanol–water partition coefficient (Wildman–Crippen LogP) is 2.98. The number of hydrogen-bond donors (Lipinski definition) is 0. The lowest BCUT2D eigenvalue weighted by molar-refractivity contribution is -0.142. The summed E-state index contributed by atoms with van der Waals surface area (Å²) in [5, 5.41) is -0.495. The second-order valence-electron chi connectivity index (χ2n) is 5.16. The zero-order valence-corrected chi connectivity index (χ0v) is 14.2. The van der Waals surface area contributed by atoms with E-state index in [9.17, 15) is 18.0 Å². The van der Waals surface area contributed by atoms with Gasteiger partial charge in [-0.2, -0.15) is 13.2 Å². The van der Waals surface area contributed by atoms with Crippen LogP contribution < -0.4 is 4.90 Å². The third-order valence-electron chi connectivity index (χ3n) is 3.37. The molecule has 9 heteroatoms. The van der Waals surface area contributed by atoms with Gasteiger partial charge in [-0.05, 0) is 26.0 Å². The summed E-state index contributed by atoms with van der Waals surface area (Å²) in [4.78, 5) is 17.7. The number of esters is 1. The quantitative estimate of drug-likeness (QED) is 0.591. The van der Waals surface area contributed by atoms with Gasteiger partial charge in [0.2, 0.25) is 0 Å². The van der Waals surface area contributed by atoms with Crippen molar-refractivity contribution in [2.45, 2.75) is 30.3 Å². The van der Waals surface area contributed by atoms with E-state index in [1.54, 1.807) is 18.7 Å². The standard InChI is InChI=1S/C15H19F3N2O3S/c1-3-23-14(21)10(2)24-13-9-11(15(16,17)18)8-12(19-13)20-4-6-22-7-5-20/h8-10H,3-7H2,1-2H3. The highest BCUT2D eigenvalue weighted by molar-refractivity contribution is 8.00. The van der Waals surface area contributed by atoms with Gasteiger partial charge in [0.05, 0.1) is 30.4 Å². The second-order valence-corrected chi connectivity index (χ2v) is 6.52. The maximum Gasteiger partial charge on any atom is 0.416 e. The molecule has 24 heavy (non-hydrogen) atoms. The van der Waals surface area contributed by atoms with E-state index in [0.717, 1.165) is 23.9 Å². The molecule has 134 valence electrons. The maximum atomic E-state index is 13.2. The van der Waals surface area contributed by atoms with Gasteiger partial charge in [0, 0.05) is 13.1 Å². The van der Waals surface area contributed by atoms with Gasteiger partial charge in [0.1, 0.15) is 11.1 Å². The summed E-state index contributed by atoms with van der Waals surface area (Å²) in [5.41, 5.74) is -0.780. The number of hydrogen-bond acceptors (Lipinski definition) is 6. The first-order valence-corrected chi connectivity index (χ1v) is 8.44. The Bertz CT molecular complexity index is 578. The SMILES string of the molecule is CCOC(=O)C(C)Sc1cc(C(F)(F)F)cc(N2CCOCC2)n1. The van der Waals surface area contributed by atoms with Crippen molar-refractivity contribution < 1.29 is 27.4 Å². The topological polar surface area (TPSA) is 51.7 Å². The number of thioether (sulfide) groups is 1. The Morgan fingerprint density at radius 2 is 2.08 bits per heavy atom.